The normalized spacial score (nSPS) is 19.8. The molecular weight excluding hydrogens is 259 g/mol. The van der Waals surface area contributed by atoms with Crippen molar-refractivity contribution in [2.24, 2.45) is 5.41 Å². The van der Waals surface area contributed by atoms with Crippen molar-refractivity contribution in [3.05, 3.63) is 11.8 Å². The molecule has 0 spiro atoms. The summed E-state index contributed by atoms with van der Waals surface area (Å²) in [6.45, 7) is 4.60. The molecule has 0 aromatic carbocycles. The van der Waals surface area contributed by atoms with E-state index in [1.807, 2.05) is 6.07 Å². The lowest BCUT2D eigenvalue weighted by atomic mass is 9.62. The van der Waals surface area contributed by atoms with Crippen molar-refractivity contribution in [1.29, 1.82) is 0 Å². The first-order valence-electron chi connectivity index (χ1n) is 6.74. The van der Waals surface area contributed by atoms with Crippen molar-refractivity contribution in [2.75, 3.05) is 5.73 Å². The van der Waals surface area contributed by atoms with Gasteiger partial charge in [-0.25, -0.2) is 0 Å². The molecule has 0 radical (unpaired) electrons. The van der Waals surface area contributed by atoms with Gasteiger partial charge in [-0.2, -0.15) is 5.10 Å². The Balaban J connectivity index is 2.22. The van der Waals surface area contributed by atoms with Gasteiger partial charge in [-0.15, -0.1) is 18.5 Å². The Kier molecular flexibility index (Phi) is 3.82. The van der Waals surface area contributed by atoms with Crippen molar-refractivity contribution >= 4 is 32.1 Å². The number of nitrogens with zero attached hydrogens (tertiary/aromatic N) is 2. The highest BCUT2D eigenvalue weighted by atomic mass is 31.1. The molecule has 1 aliphatic carbocycles. The lowest BCUT2D eigenvalue weighted by molar-refractivity contribution is 0.0447. The Morgan fingerprint density at radius 3 is 2.50 bits per heavy atom. The van der Waals surface area contributed by atoms with Crippen LogP contribution in [-0.2, 0) is 4.80 Å². The Hall–Kier alpha value is -0.0651. The fourth-order valence-electron chi connectivity index (χ4n) is 3.03. The lowest BCUT2D eigenvalue weighted by Crippen LogP contribution is -2.39. The van der Waals surface area contributed by atoms with Gasteiger partial charge in [0.05, 0.1) is 6.04 Å². The summed E-state index contributed by atoms with van der Waals surface area (Å²) in [4.78, 5) is -0.0543. The number of aromatic nitrogens is 2. The molecule has 2 unspecified atom stereocenters. The van der Waals surface area contributed by atoms with E-state index in [2.05, 4.69) is 50.0 Å². The Morgan fingerprint density at radius 1 is 1.50 bits per heavy atom. The molecule has 3 nitrogen and oxygen atoms in total. The van der Waals surface area contributed by atoms with Gasteiger partial charge < -0.3 is 5.73 Å². The second-order valence-corrected chi connectivity index (χ2v) is 9.02. The number of hydrogen-bond acceptors (Lipinski definition) is 2. The van der Waals surface area contributed by atoms with E-state index in [-0.39, 0.29) is 4.80 Å². The zero-order valence-electron chi connectivity index (χ0n) is 11.6. The number of nitrogen functional groups attached to an aromatic ring is 1. The van der Waals surface area contributed by atoms with Gasteiger partial charge in [-0.1, -0.05) is 26.7 Å². The molecule has 1 heterocycles. The molecule has 1 fully saturated rings. The number of anilines is 1. The van der Waals surface area contributed by atoms with E-state index in [4.69, 9.17) is 5.73 Å². The van der Waals surface area contributed by atoms with Crippen LogP contribution in [-0.4, -0.2) is 17.6 Å². The van der Waals surface area contributed by atoms with Crippen molar-refractivity contribution in [3.63, 3.8) is 0 Å². The molecule has 1 aromatic rings. The minimum atomic E-state index is -0.0543. The topological polar surface area (TPSA) is 43.8 Å². The van der Waals surface area contributed by atoms with Gasteiger partial charge in [0.1, 0.15) is 13.7 Å². The van der Waals surface area contributed by atoms with E-state index in [0.717, 1.165) is 0 Å². The molecule has 2 rings (SSSR count). The summed E-state index contributed by atoms with van der Waals surface area (Å²) in [5, 5.41) is 4.50. The Morgan fingerprint density at radius 2 is 2.06 bits per heavy atom. The predicted octanol–water partition coefficient (Wildman–Crippen LogP) is 2.10. The molecule has 100 valence electrons. The molecule has 2 N–H and O–H groups in total. The van der Waals surface area contributed by atoms with Gasteiger partial charge in [0.2, 0.25) is 0 Å². The van der Waals surface area contributed by atoms with E-state index >= 15 is 0 Å². The van der Waals surface area contributed by atoms with Crippen LogP contribution in [0.5, 0.6) is 0 Å². The van der Waals surface area contributed by atoms with Crippen LogP contribution in [0.2, 0.25) is 0 Å². The SMILES string of the molecule is BC(P)(P)c1cc(N)nn1C1CC(CC)(CC)C1. The van der Waals surface area contributed by atoms with Gasteiger partial charge in [-0.3, -0.25) is 4.68 Å². The quantitative estimate of drug-likeness (QED) is 0.679. The van der Waals surface area contributed by atoms with Crippen LogP contribution in [0.15, 0.2) is 6.07 Å². The van der Waals surface area contributed by atoms with Crippen molar-refractivity contribution < 1.29 is 0 Å². The average molecular weight is 283 g/mol. The van der Waals surface area contributed by atoms with Crippen LogP contribution in [0, 0.1) is 5.41 Å². The van der Waals surface area contributed by atoms with Gasteiger partial charge in [0, 0.05) is 16.6 Å². The summed E-state index contributed by atoms with van der Waals surface area (Å²) in [6.07, 6.45) is 5.01. The molecule has 0 bridgehead atoms. The second-order valence-electron chi connectivity index (χ2n) is 5.95. The summed E-state index contributed by atoms with van der Waals surface area (Å²) in [5.41, 5.74) is 7.61. The first-order chi connectivity index (χ1) is 8.31. The lowest BCUT2D eigenvalue weighted by Gasteiger charge is -2.48. The fourth-order valence-corrected chi connectivity index (χ4v) is 3.47. The number of rotatable bonds is 4. The molecule has 18 heavy (non-hydrogen) atoms. The summed E-state index contributed by atoms with van der Waals surface area (Å²) in [5.74, 6) is 0.631. The maximum Gasteiger partial charge on any atom is 0.145 e. The first kappa shape index (κ1) is 14.3. The van der Waals surface area contributed by atoms with Crippen molar-refractivity contribution in [1.82, 2.24) is 9.78 Å². The molecule has 6 heteroatoms. The summed E-state index contributed by atoms with van der Waals surface area (Å²) in [7, 11) is 7.86. The zero-order chi connectivity index (χ0) is 13.6. The van der Waals surface area contributed by atoms with Crippen molar-refractivity contribution in [2.45, 2.75) is 50.4 Å². The molecule has 0 amide bonds. The summed E-state index contributed by atoms with van der Waals surface area (Å²) < 4.78 is 2.15. The van der Waals surface area contributed by atoms with Gasteiger partial charge >= 0.3 is 0 Å². The molecular formula is C12H24BN3P2. The maximum absolute atomic E-state index is 5.87. The molecule has 2 atom stereocenters. The van der Waals surface area contributed by atoms with E-state index in [9.17, 15) is 0 Å². The highest BCUT2D eigenvalue weighted by Gasteiger charge is 2.43. The average Bonchev–Trinajstić information content (AvgIpc) is 2.60. The van der Waals surface area contributed by atoms with Gasteiger partial charge in [0.15, 0.2) is 0 Å². The minimum Gasteiger partial charge on any atom is -0.382 e. The van der Waals surface area contributed by atoms with E-state index in [0.29, 0.717) is 17.3 Å². The maximum atomic E-state index is 5.87. The molecule has 0 saturated heterocycles. The highest BCUT2D eigenvalue weighted by Crippen LogP contribution is 2.54. The van der Waals surface area contributed by atoms with Crippen LogP contribution >= 0.6 is 18.5 Å². The monoisotopic (exact) mass is 283 g/mol. The summed E-state index contributed by atoms with van der Waals surface area (Å²) >= 11 is 0. The Labute approximate surface area is 115 Å². The van der Waals surface area contributed by atoms with Crippen LogP contribution in [0.1, 0.15) is 51.3 Å². The van der Waals surface area contributed by atoms with E-state index < -0.39 is 0 Å². The third-order valence-corrected chi connectivity index (χ3v) is 5.08. The smallest absolute Gasteiger partial charge is 0.145 e. The number of hydrogen-bond donors (Lipinski definition) is 1. The molecule has 1 aliphatic rings. The third kappa shape index (κ3) is 2.47. The molecule has 1 aromatic heterocycles. The molecule has 0 aliphatic heterocycles. The highest BCUT2D eigenvalue weighted by molar-refractivity contribution is 7.43. The van der Waals surface area contributed by atoms with Crippen LogP contribution in [0.4, 0.5) is 5.82 Å². The third-order valence-electron chi connectivity index (χ3n) is 4.49. The summed E-state index contributed by atoms with van der Waals surface area (Å²) in [6, 6.07) is 2.52. The van der Waals surface area contributed by atoms with Gasteiger partial charge in [0.25, 0.3) is 0 Å². The van der Waals surface area contributed by atoms with Crippen LogP contribution in [0.25, 0.3) is 0 Å². The van der Waals surface area contributed by atoms with Gasteiger partial charge in [-0.05, 0) is 18.3 Å². The standard InChI is InChI=1S/C12H24BN3P2/c1-3-11(4-2)6-8(7-11)16-9(12(13,17)18)5-10(14)15-16/h5,8H,3-4,6-7,13,17-18H2,1-2H3,(H2,14,15). The number of nitrogens with two attached hydrogens (primary N) is 1. The Bertz CT molecular complexity index is 427. The van der Waals surface area contributed by atoms with Crippen molar-refractivity contribution in [3.8, 4) is 0 Å². The first-order valence-corrected chi connectivity index (χ1v) is 7.90. The largest absolute Gasteiger partial charge is 0.382 e. The van der Waals surface area contributed by atoms with E-state index in [1.54, 1.807) is 0 Å². The van der Waals surface area contributed by atoms with Crippen LogP contribution in [0.3, 0.4) is 0 Å². The predicted molar refractivity (Wildman–Crippen MR) is 87.6 cm³/mol. The fraction of sp³-hybridized carbons (Fsp3) is 0.750. The zero-order valence-corrected chi connectivity index (χ0v) is 13.9. The minimum absolute atomic E-state index is 0.0543. The van der Waals surface area contributed by atoms with E-state index in [1.165, 1.54) is 31.4 Å². The van der Waals surface area contributed by atoms with Crippen LogP contribution < -0.4 is 5.73 Å². The second kappa shape index (κ2) is 4.80. The molecule has 1 saturated carbocycles.